The molecule has 29 heavy (non-hydrogen) atoms. The summed E-state index contributed by atoms with van der Waals surface area (Å²) in [5.41, 5.74) is 2.43. The molecule has 4 rings (SSSR count). The molecule has 6 nitrogen and oxygen atoms in total. The molecule has 0 radical (unpaired) electrons. The number of aromatic amines is 1. The summed E-state index contributed by atoms with van der Waals surface area (Å²) >= 11 is 0. The van der Waals surface area contributed by atoms with Gasteiger partial charge in [0.1, 0.15) is 5.75 Å². The minimum atomic E-state index is -3.58. The first kappa shape index (κ1) is 20.4. The molecular formula is C22H31N3O3S. The summed E-state index contributed by atoms with van der Waals surface area (Å²) in [6.45, 7) is 3.42. The standard InChI is InChI=1S/C22H31N3O3S/c1-16-6-8-18(9-7-16)24-29(27,28)15-22(26)25-12-10-17(11-13-25)20-14-23-21-5-3-2-4-19(20)21/h2-5,14,16-18,23-24H,6-13,15H2,1H3. The number of H-pyrrole nitrogens is 1. The summed E-state index contributed by atoms with van der Waals surface area (Å²) in [6, 6.07) is 8.25. The zero-order chi connectivity index (χ0) is 20.4. The largest absolute Gasteiger partial charge is 0.361 e. The molecule has 0 bridgehead atoms. The number of nitrogens with one attached hydrogen (secondary N) is 2. The first-order chi connectivity index (χ1) is 13.9. The van der Waals surface area contributed by atoms with Gasteiger partial charge in [-0.15, -0.1) is 0 Å². The molecule has 1 aromatic carbocycles. The lowest BCUT2D eigenvalue weighted by atomic mass is 9.88. The summed E-state index contributed by atoms with van der Waals surface area (Å²) in [4.78, 5) is 17.7. The Hall–Kier alpha value is -1.86. The third kappa shape index (κ3) is 4.83. The zero-order valence-electron chi connectivity index (χ0n) is 17.1. The van der Waals surface area contributed by atoms with Gasteiger partial charge in [-0.3, -0.25) is 4.79 Å². The lowest BCUT2D eigenvalue weighted by Gasteiger charge is -2.32. The van der Waals surface area contributed by atoms with E-state index >= 15 is 0 Å². The molecule has 1 aliphatic heterocycles. The van der Waals surface area contributed by atoms with Gasteiger partial charge in [0.2, 0.25) is 15.9 Å². The van der Waals surface area contributed by atoms with Gasteiger partial charge in [0, 0.05) is 36.2 Å². The van der Waals surface area contributed by atoms with Crippen molar-refractivity contribution in [3.8, 4) is 0 Å². The van der Waals surface area contributed by atoms with Crippen LogP contribution in [0.15, 0.2) is 30.5 Å². The number of hydrogen-bond acceptors (Lipinski definition) is 3. The number of aromatic nitrogens is 1. The van der Waals surface area contributed by atoms with Crippen LogP contribution in [0.25, 0.3) is 10.9 Å². The fourth-order valence-electron chi connectivity index (χ4n) is 4.80. The fraction of sp³-hybridized carbons (Fsp3) is 0.591. The van der Waals surface area contributed by atoms with Crippen molar-refractivity contribution >= 4 is 26.8 Å². The molecule has 2 aromatic rings. The van der Waals surface area contributed by atoms with E-state index in [0.717, 1.165) is 44.0 Å². The Labute approximate surface area is 173 Å². The summed E-state index contributed by atoms with van der Waals surface area (Å²) in [5.74, 6) is 0.348. The second kappa shape index (κ2) is 8.48. The Morgan fingerprint density at radius 2 is 1.79 bits per heavy atom. The number of carbonyl (C=O) groups excluding carboxylic acids is 1. The lowest BCUT2D eigenvalue weighted by molar-refractivity contribution is -0.129. The monoisotopic (exact) mass is 417 g/mol. The molecule has 0 unspecified atom stereocenters. The Morgan fingerprint density at radius 1 is 1.10 bits per heavy atom. The third-order valence-corrected chi connectivity index (χ3v) is 7.90. The summed E-state index contributed by atoms with van der Waals surface area (Å²) in [7, 11) is -3.58. The molecular weight excluding hydrogens is 386 g/mol. The van der Waals surface area contributed by atoms with Gasteiger partial charge >= 0.3 is 0 Å². The number of para-hydroxylation sites is 1. The highest BCUT2D eigenvalue weighted by atomic mass is 32.2. The second-order valence-electron chi connectivity index (χ2n) is 8.78. The van der Waals surface area contributed by atoms with Crippen LogP contribution >= 0.6 is 0 Å². The van der Waals surface area contributed by atoms with Crippen LogP contribution in [0.1, 0.15) is 56.9 Å². The molecule has 158 valence electrons. The van der Waals surface area contributed by atoms with E-state index in [-0.39, 0.29) is 11.9 Å². The van der Waals surface area contributed by atoms with Crippen molar-refractivity contribution in [1.82, 2.24) is 14.6 Å². The Balaban J connectivity index is 1.30. The maximum Gasteiger partial charge on any atom is 0.239 e. The number of rotatable bonds is 5. The van der Waals surface area contributed by atoms with Crippen molar-refractivity contribution in [2.24, 2.45) is 5.92 Å². The van der Waals surface area contributed by atoms with Crippen molar-refractivity contribution in [2.45, 2.75) is 57.4 Å². The van der Waals surface area contributed by atoms with Gasteiger partial charge in [0.15, 0.2) is 0 Å². The molecule has 2 fully saturated rings. The molecule has 1 aromatic heterocycles. The molecule has 2 heterocycles. The number of amides is 1. The third-order valence-electron chi connectivity index (χ3n) is 6.58. The number of likely N-dealkylation sites (tertiary alicyclic amines) is 1. The van der Waals surface area contributed by atoms with Gasteiger partial charge in [-0.25, -0.2) is 13.1 Å². The van der Waals surface area contributed by atoms with Crippen LogP contribution in [0.2, 0.25) is 0 Å². The normalized spacial score (nSPS) is 24.1. The highest BCUT2D eigenvalue weighted by Gasteiger charge is 2.29. The molecule has 0 atom stereocenters. The molecule has 1 saturated heterocycles. The number of piperidine rings is 1. The minimum Gasteiger partial charge on any atom is -0.361 e. The first-order valence-electron chi connectivity index (χ1n) is 10.7. The molecule has 0 spiro atoms. The molecule has 2 N–H and O–H groups in total. The summed E-state index contributed by atoms with van der Waals surface area (Å²) in [5, 5.41) is 1.24. The van der Waals surface area contributed by atoms with Gasteiger partial charge in [0.05, 0.1) is 0 Å². The smallest absolute Gasteiger partial charge is 0.239 e. The first-order valence-corrected chi connectivity index (χ1v) is 12.4. The van der Waals surface area contributed by atoms with Gasteiger partial charge in [-0.2, -0.15) is 0 Å². The molecule has 7 heteroatoms. The minimum absolute atomic E-state index is 0.0170. The number of carbonyl (C=O) groups is 1. The van der Waals surface area contributed by atoms with E-state index in [4.69, 9.17) is 0 Å². The number of benzene rings is 1. The predicted octanol–water partition coefficient (Wildman–Crippen LogP) is 3.37. The Bertz CT molecular complexity index is 953. The number of nitrogens with zero attached hydrogens (tertiary/aromatic N) is 1. The highest BCUT2D eigenvalue weighted by molar-refractivity contribution is 7.90. The van der Waals surface area contributed by atoms with Gasteiger partial charge in [-0.1, -0.05) is 25.1 Å². The highest BCUT2D eigenvalue weighted by Crippen LogP contribution is 2.33. The average Bonchev–Trinajstić information content (AvgIpc) is 3.13. The number of sulfonamides is 1. The zero-order valence-corrected chi connectivity index (χ0v) is 17.9. The second-order valence-corrected chi connectivity index (χ2v) is 10.5. The SMILES string of the molecule is CC1CCC(NS(=O)(=O)CC(=O)N2CCC(c3c[nH]c4ccccc34)CC2)CC1. The number of fused-ring (bicyclic) bond motifs is 1. The molecule has 2 aliphatic rings. The van der Waals surface area contributed by atoms with Crippen LogP contribution in [0.4, 0.5) is 0 Å². The van der Waals surface area contributed by atoms with E-state index < -0.39 is 15.8 Å². The van der Waals surface area contributed by atoms with Crippen molar-refractivity contribution in [3.63, 3.8) is 0 Å². The van der Waals surface area contributed by atoms with Crippen LogP contribution in [0, 0.1) is 5.92 Å². The Kier molecular flexibility index (Phi) is 5.97. The van der Waals surface area contributed by atoms with Gasteiger partial charge in [0.25, 0.3) is 0 Å². The Morgan fingerprint density at radius 3 is 2.52 bits per heavy atom. The van der Waals surface area contributed by atoms with Gasteiger partial charge in [-0.05, 0) is 62.0 Å². The van der Waals surface area contributed by atoms with Crippen LogP contribution in [0.5, 0.6) is 0 Å². The van der Waals surface area contributed by atoms with E-state index in [1.807, 2.05) is 12.1 Å². The lowest BCUT2D eigenvalue weighted by Crippen LogP contribution is -2.45. The van der Waals surface area contributed by atoms with E-state index in [9.17, 15) is 13.2 Å². The van der Waals surface area contributed by atoms with Gasteiger partial charge < -0.3 is 9.88 Å². The fourth-order valence-corrected chi connectivity index (χ4v) is 6.13. The topological polar surface area (TPSA) is 82.3 Å². The predicted molar refractivity (Wildman–Crippen MR) is 115 cm³/mol. The molecule has 1 saturated carbocycles. The van der Waals surface area contributed by atoms with E-state index in [1.165, 1.54) is 10.9 Å². The maximum absolute atomic E-state index is 12.6. The average molecular weight is 418 g/mol. The van der Waals surface area contributed by atoms with E-state index in [2.05, 4.69) is 35.0 Å². The molecule has 1 amide bonds. The van der Waals surface area contributed by atoms with Crippen LogP contribution in [-0.2, 0) is 14.8 Å². The van der Waals surface area contributed by atoms with Crippen molar-refractivity contribution in [3.05, 3.63) is 36.0 Å². The van der Waals surface area contributed by atoms with Crippen LogP contribution < -0.4 is 4.72 Å². The summed E-state index contributed by atoms with van der Waals surface area (Å²) < 4.78 is 27.7. The van der Waals surface area contributed by atoms with E-state index in [0.29, 0.717) is 24.9 Å². The van der Waals surface area contributed by atoms with E-state index in [1.54, 1.807) is 4.90 Å². The van der Waals surface area contributed by atoms with Crippen molar-refractivity contribution in [1.29, 1.82) is 0 Å². The van der Waals surface area contributed by atoms with Crippen LogP contribution in [-0.4, -0.2) is 49.1 Å². The van der Waals surface area contributed by atoms with Crippen LogP contribution in [0.3, 0.4) is 0 Å². The van der Waals surface area contributed by atoms with Crippen molar-refractivity contribution < 1.29 is 13.2 Å². The number of hydrogen-bond donors (Lipinski definition) is 2. The maximum atomic E-state index is 12.6. The quantitative estimate of drug-likeness (QED) is 0.782. The summed E-state index contributed by atoms with van der Waals surface area (Å²) in [6.07, 6.45) is 7.62. The van der Waals surface area contributed by atoms with Crippen molar-refractivity contribution in [2.75, 3.05) is 18.8 Å². The molecule has 1 aliphatic carbocycles.